The number of hydrogen-bond donors (Lipinski definition) is 1. The second-order valence-corrected chi connectivity index (χ2v) is 4.70. The Morgan fingerprint density at radius 1 is 1.39 bits per heavy atom. The summed E-state index contributed by atoms with van der Waals surface area (Å²) in [4.78, 5) is 4.26. The monoisotopic (exact) mass is 249 g/mol. The van der Waals surface area contributed by atoms with Gasteiger partial charge >= 0.3 is 0 Å². The first-order valence-corrected chi connectivity index (χ1v) is 6.14. The lowest BCUT2D eigenvalue weighted by Gasteiger charge is -2.07. The van der Waals surface area contributed by atoms with Crippen molar-refractivity contribution in [1.82, 2.24) is 29.8 Å². The molecule has 2 aromatic rings. The van der Waals surface area contributed by atoms with Gasteiger partial charge in [-0.3, -0.25) is 0 Å². The van der Waals surface area contributed by atoms with Gasteiger partial charge in [-0.25, -0.2) is 14.3 Å². The molecule has 0 aliphatic heterocycles. The van der Waals surface area contributed by atoms with E-state index >= 15 is 0 Å². The molecule has 0 aromatic carbocycles. The van der Waals surface area contributed by atoms with Crippen LogP contribution in [0, 0.1) is 5.92 Å². The van der Waals surface area contributed by atoms with Gasteiger partial charge < -0.3 is 5.73 Å². The lowest BCUT2D eigenvalue weighted by atomic mass is 10.2. The molecule has 18 heavy (non-hydrogen) atoms. The standard InChI is InChI=1S/C11H19N7/c1-9(2)5-18-11(13-8-14-18)7-17-6-10(3-4-12)15-16-17/h6,8-9H,3-5,7,12H2,1-2H3. The highest BCUT2D eigenvalue weighted by molar-refractivity contribution is 4.95. The van der Waals surface area contributed by atoms with Crippen molar-refractivity contribution in [2.45, 2.75) is 33.4 Å². The van der Waals surface area contributed by atoms with Crippen LogP contribution in [0.15, 0.2) is 12.5 Å². The number of nitrogens with two attached hydrogens (primary N) is 1. The first-order chi connectivity index (χ1) is 8.69. The van der Waals surface area contributed by atoms with Gasteiger partial charge in [0.05, 0.1) is 5.69 Å². The summed E-state index contributed by atoms with van der Waals surface area (Å²) in [7, 11) is 0. The van der Waals surface area contributed by atoms with Gasteiger partial charge in [0, 0.05) is 19.2 Å². The predicted molar refractivity (Wildman–Crippen MR) is 66.7 cm³/mol. The van der Waals surface area contributed by atoms with E-state index in [2.05, 4.69) is 34.2 Å². The third kappa shape index (κ3) is 3.13. The van der Waals surface area contributed by atoms with Gasteiger partial charge in [0.2, 0.25) is 0 Å². The van der Waals surface area contributed by atoms with Crippen LogP contribution in [0.2, 0.25) is 0 Å². The minimum absolute atomic E-state index is 0.536. The molecular formula is C11H19N7. The molecule has 0 saturated carbocycles. The molecule has 2 rings (SSSR count). The van der Waals surface area contributed by atoms with Crippen molar-refractivity contribution in [2.75, 3.05) is 6.54 Å². The van der Waals surface area contributed by atoms with E-state index in [9.17, 15) is 0 Å². The van der Waals surface area contributed by atoms with E-state index in [1.54, 1.807) is 11.0 Å². The molecule has 0 unspecified atom stereocenters. The van der Waals surface area contributed by atoms with E-state index in [0.717, 1.165) is 24.5 Å². The Labute approximate surface area is 106 Å². The van der Waals surface area contributed by atoms with Crippen molar-refractivity contribution in [2.24, 2.45) is 11.7 Å². The van der Waals surface area contributed by atoms with Crippen molar-refractivity contribution in [3.05, 3.63) is 24.0 Å². The van der Waals surface area contributed by atoms with E-state index in [1.807, 2.05) is 10.9 Å². The first-order valence-electron chi connectivity index (χ1n) is 6.14. The molecule has 2 heterocycles. The van der Waals surface area contributed by atoms with Crippen LogP contribution in [-0.4, -0.2) is 36.3 Å². The van der Waals surface area contributed by atoms with Crippen LogP contribution in [0.1, 0.15) is 25.4 Å². The number of rotatable bonds is 6. The molecule has 2 aromatic heterocycles. The van der Waals surface area contributed by atoms with Gasteiger partial charge in [-0.05, 0) is 12.5 Å². The zero-order valence-electron chi connectivity index (χ0n) is 10.8. The van der Waals surface area contributed by atoms with Crippen LogP contribution >= 0.6 is 0 Å². The fourth-order valence-electron chi connectivity index (χ4n) is 1.73. The molecular weight excluding hydrogens is 230 g/mol. The van der Waals surface area contributed by atoms with Crippen LogP contribution in [0.5, 0.6) is 0 Å². The lowest BCUT2D eigenvalue weighted by molar-refractivity contribution is 0.455. The third-order valence-corrected chi connectivity index (χ3v) is 2.52. The highest BCUT2D eigenvalue weighted by Crippen LogP contribution is 2.03. The Hall–Kier alpha value is -1.76. The number of hydrogen-bond acceptors (Lipinski definition) is 5. The molecule has 0 radical (unpaired) electrons. The Morgan fingerprint density at radius 3 is 2.94 bits per heavy atom. The molecule has 0 aliphatic carbocycles. The summed E-state index contributed by atoms with van der Waals surface area (Å²) < 4.78 is 3.68. The summed E-state index contributed by atoms with van der Waals surface area (Å²) in [6.45, 7) is 6.34. The summed E-state index contributed by atoms with van der Waals surface area (Å²) in [5.74, 6) is 1.43. The molecule has 0 amide bonds. The van der Waals surface area contributed by atoms with Gasteiger partial charge in [-0.2, -0.15) is 5.10 Å². The maximum Gasteiger partial charge on any atom is 0.148 e. The second-order valence-electron chi connectivity index (χ2n) is 4.70. The maximum atomic E-state index is 5.48. The largest absolute Gasteiger partial charge is 0.330 e. The van der Waals surface area contributed by atoms with Crippen LogP contribution in [-0.2, 0) is 19.5 Å². The predicted octanol–water partition coefficient (Wildman–Crippen LogP) is 0.0751. The molecule has 0 atom stereocenters. The summed E-state index contributed by atoms with van der Waals surface area (Å²) in [6.07, 6.45) is 4.23. The zero-order valence-corrected chi connectivity index (χ0v) is 10.8. The van der Waals surface area contributed by atoms with E-state index in [4.69, 9.17) is 5.73 Å². The van der Waals surface area contributed by atoms with Gasteiger partial charge in [0.25, 0.3) is 0 Å². The Balaban J connectivity index is 2.06. The molecule has 0 spiro atoms. The maximum absolute atomic E-state index is 5.48. The Bertz CT molecular complexity index is 485. The summed E-state index contributed by atoms with van der Waals surface area (Å²) >= 11 is 0. The SMILES string of the molecule is CC(C)Cn1ncnc1Cn1cc(CCN)nn1. The van der Waals surface area contributed by atoms with Crippen molar-refractivity contribution < 1.29 is 0 Å². The molecule has 7 heteroatoms. The van der Waals surface area contributed by atoms with E-state index in [0.29, 0.717) is 19.0 Å². The summed E-state index contributed by atoms with van der Waals surface area (Å²) in [6, 6.07) is 0. The Kier molecular flexibility index (Phi) is 4.03. The third-order valence-electron chi connectivity index (χ3n) is 2.52. The lowest BCUT2D eigenvalue weighted by Crippen LogP contribution is -2.13. The topological polar surface area (TPSA) is 87.4 Å². The fraction of sp³-hybridized carbons (Fsp3) is 0.636. The van der Waals surface area contributed by atoms with E-state index in [1.165, 1.54) is 0 Å². The van der Waals surface area contributed by atoms with Crippen LogP contribution in [0.25, 0.3) is 0 Å². The molecule has 7 nitrogen and oxygen atoms in total. The van der Waals surface area contributed by atoms with Crippen LogP contribution in [0.3, 0.4) is 0 Å². The van der Waals surface area contributed by atoms with Crippen molar-refractivity contribution in [3.8, 4) is 0 Å². The molecule has 0 saturated heterocycles. The average Bonchev–Trinajstić information content (AvgIpc) is 2.90. The molecule has 0 fully saturated rings. The average molecular weight is 249 g/mol. The minimum Gasteiger partial charge on any atom is -0.330 e. The van der Waals surface area contributed by atoms with Gasteiger partial charge in [0.1, 0.15) is 18.7 Å². The van der Waals surface area contributed by atoms with Gasteiger partial charge in [0.15, 0.2) is 0 Å². The molecule has 0 aliphatic rings. The fourth-order valence-corrected chi connectivity index (χ4v) is 1.73. The van der Waals surface area contributed by atoms with Crippen molar-refractivity contribution >= 4 is 0 Å². The van der Waals surface area contributed by atoms with Gasteiger partial charge in [-0.15, -0.1) is 5.10 Å². The molecule has 2 N–H and O–H groups in total. The summed E-state index contributed by atoms with van der Waals surface area (Å²) in [5.41, 5.74) is 6.39. The zero-order chi connectivity index (χ0) is 13.0. The van der Waals surface area contributed by atoms with E-state index in [-0.39, 0.29) is 0 Å². The van der Waals surface area contributed by atoms with Crippen LogP contribution < -0.4 is 5.73 Å². The quantitative estimate of drug-likeness (QED) is 0.783. The number of aromatic nitrogens is 6. The van der Waals surface area contributed by atoms with Gasteiger partial charge in [-0.1, -0.05) is 19.1 Å². The minimum atomic E-state index is 0.536. The molecule has 0 bridgehead atoms. The van der Waals surface area contributed by atoms with E-state index < -0.39 is 0 Å². The van der Waals surface area contributed by atoms with Crippen LogP contribution in [0.4, 0.5) is 0 Å². The summed E-state index contributed by atoms with van der Waals surface area (Å²) in [5, 5.41) is 12.3. The Morgan fingerprint density at radius 2 is 2.22 bits per heavy atom. The highest BCUT2D eigenvalue weighted by Gasteiger charge is 2.08. The second kappa shape index (κ2) is 5.72. The smallest absolute Gasteiger partial charge is 0.148 e. The van der Waals surface area contributed by atoms with Crippen molar-refractivity contribution in [1.29, 1.82) is 0 Å². The normalized spacial score (nSPS) is 11.3. The molecule has 98 valence electrons. The first kappa shape index (κ1) is 12.7. The highest BCUT2D eigenvalue weighted by atomic mass is 15.4. The number of nitrogens with zero attached hydrogens (tertiary/aromatic N) is 6. The van der Waals surface area contributed by atoms with Crippen molar-refractivity contribution in [3.63, 3.8) is 0 Å².